The van der Waals surface area contributed by atoms with Crippen LogP contribution in [0.3, 0.4) is 0 Å². The van der Waals surface area contributed by atoms with E-state index >= 15 is 0 Å². The van der Waals surface area contributed by atoms with Gasteiger partial charge in [-0.2, -0.15) is 5.26 Å². The predicted molar refractivity (Wildman–Crippen MR) is 92.9 cm³/mol. The highest BCUT2D eigenvalue weighted by atomic mass is 16.5. The second kappa shape index (κ2) is 8.50. The summed E-state index contributed by atoms with van der Waals surface area (Å²) in [7, 11) is 1.77. The zero-order chi connectivity index (χ0) is 16.7. The van der Waals surface area contributed by atoms with Crippen molar-refractivity contribution in [3.63, 3.8) is 0 Å². The van der Waals surface area contributed by atoms with Gasteiger partial charge in [-0.05, 0) is 42.2 Å². The summed E-state index contributed by atoms with van der Waals surface area (Å²) in [5.41, 5.74) is 3.94. The van der Waals surface area contributed by atoms with Crippen LogP contribution in [0.5, 0.6) is 5.75 Å². The van der Waals surface area contributed by atoms with E-state index in [1.807, 2.05) is 24.4 Å². The van der Waals surface area contributed by atoms with Crippen LogP contribution in [-0.4, -0.2) is 32.6 Å². The Kier molecular flexibility index (Phi) is 6.37. The molecular formula is C19H24N2O2. The molecule has 0 saturated carbocycles. The SMILES string of the molecule is CC/C(C=NC)=C(/C)c1ccc(OC2CCOCC2)c(C#N)c1. The molecule has 4 nitrogen and oxygen atoms in total. The maximum absolute atomic E-state index is 9.46. The molecule has 0 amide bonds. The Morgan fingerprint density at radius 2 is 2.17 bits per heavy atom. The average Bonchev–Trinajstić information content (AvgIpc) is 2.60. The van der Waals surface area contributed by atoms with Crippen molar-refractivity contribution in [1.29, 1.82) is 5.26 Å². The minimum Gasteiger partial charge on any atom is -0.489 e. The Labute approximate surface area is 138 Å². The van der Waals surface area contributed by atoms with Crippen LogP contribution in [0.4, 0.5) is 0 Å². The van der Waals surface area contributed by atoms with Crippen LogP contribution in [0.15, 0.2) is 28.8 Å². The molecule has 0 aliphatic carbocycles. The molecule has 0 aromatic heterocycles. The van der Waals surface area contributed by atoms with Gasteiger partial charge in [0.05, 0.1) is 18.8 Å². The number of rotatable bonds is 5. The van der Waals surface area contributed by atoms with E-state index in [1.165, 1.54) is 5.57 Å². The number of benzene rings is 1. The molecule has 0 atom stereocenters. The Bertz CT molecular complexity index is 635. The summed E-state index contributed by atoms with van der Waals surface area (Å²) in [5, 5.41) is 9.46. The predicted octanol–water partition coefficient (Wildman–Crippen LogP) is 4.00. The smallest absolute Gasteiger partial charge is 0.137 e. The third-order valence-corrected chi connectivity index (χ3v) is 4.14. The number of aliphatic imine (C=N–C) groups is 1. The van der Waals surface area contributed by atoms with Crippen molar-refractivity contribution < 1.29 is 9.47 Å². The van der Waals surface area contributed by atoms with Gasteiger partial charge in [-0.3, -0.25) is 4.99 Å². The summed E-state index contributed by atoms with van der Waals surface area (Å²) in [6.45, 7) is 5.62. The Balaban J connectivity index is 2.27. The van der Waals surface area contributed by atoms with E-state index in [2.05, 4.69) is 24.9 Å². The highest BCUT2D eigenvalue weighted by Crippen LogP contribution is 2.27. The van der Waals surface area contributed by atoms with Crippen LogP contribution in [-0.2, 0) is 4.74 Å². The van der Waals surface area contributed by atoms with Gasteiger partial charge >= 0.3 is 0 Å². The van der Waals surface area contributed by atoms with Crippen molar-refractivity contribution in [3.05, 3.63) is 34.9 Å². The first-order valence-corrected chi connectivity index (χ1v) is 8.10. The molecule has 0 radical (unpaired) electrons. The zero-order valence-corrected chi connectivity index (χ0v) is 14.1. The van der Waals surface area contributed by atoms with Gasteiger partial charge in [-0.1, -0.05) is 13.0 Å². The summed E-state index contributed by atoms with van der Waals surface area (Å²) in [4.78, 5) is 4.11. The molecule has 0 bridgehead atoms. The maximum Gasteiger partial charge on any atom is 0.137 e. The normalized spacial score (nSPS) is 17.0. The van der Waals surface area contributed by atoms with Crippen LogP contribution in [0.25, 0.3) is 5.57 Å². The summed E-state index contributed by atoms with van der Waals surface area (Å²) < 4.78 is 11.3. The fraction of sp³-hybridized carbons (Fsp3) is 0.474. The first kappa shape index (κ1) is 17.2. The van der Waals surface area contributed by atoms with Crippen molar-refractivity contribution in [2.75, 3.05) is 20.3 Å². The van der Waals surface area contributed by atoms with Crippen LogP contribution >= 0.6 is 0 Å². The van der Waals surface area contributed by atoms with Crippen molar-refractivity contribution in [1.82, 2.24) is 0 Å². The number of hydrogen-bond donors (Lipinski definition) is 0. The van der Waals surface area contributed by atoms with E-state index in [9.17, 15) is 5.26 Å². The topological polar surface area (TPSA) is 54.6 Å². The van der Waals surface area contributed by atoms with Crippen molar-refractivity contribution in [2.45, 2.75) is 39.2 Å². The molecule has 0 unspecified atom stereocenters. The number of nitrogens with zero attached hydrogens (tertiary/aromatic N) is 2. The summed E-state index contributed by atoms with van der Waals surface area (Å²) >= 11 is 0. The van der Waals surface area contributed by atoms with Crippen LogP contribution in [0.1, 0.15) is 44.2 Å². The lowest BCUT2D eigenvalue weighted by atomic mass is 9.98. The van der Waals surface area contributed by atoms with E-state index in [4.69, 9.17) is 9.47 Å². The Morgan fingerprint density at radius 3 is 2.78 bits per heavy atom. The molecule has 1 aromatic carbocycles. The third-order valence-electron chi connectivity index (χ3n) is 4.14. The van der Waals surface area contributed by atoms with E-state index in [0.717, 1.165) is 43.6 Å². The van der Waals surface area contributed by atoms with Crippen LogP contribution in [0, 0.1) is 11.3 Å². The second-order valence-electron chi connectivity index (χ2n) is 5.64. The quantitative estimate of drug-likeness (QED) is 0.772. The van der Waals surface area contributed by atoms with Crippen LogP contribution in [0.2, 0.25) is 0 Å². The second-order valence-corrected chi connectivity index (χ2v) is 5.64. The van der Waals surface area contributed by atoms with Crippen molar-refractivity contribution in [3.8, 4) is 11.8 Å². The molecule has 1 aliphatic rings. The Hall–Kier alpha value is -2.12. The van der Waals surface area contributed by atoms with Crippen LogP contribution < -0.4 is 4.74 Å². The molecule has 1 saturated heterocycles. The fourth-order valence-corrected chi connectivity index (χ4v) is 2.72. The van der Waals surface area contributed by atoms with Gasteiger partial charge in [0.15, 0.2) is 0 Å². The molecule has 0 spiro atoms. The monoisotopic (exact) mass is 312 g/mol. The standard InChI is InChI=1S/C19H24N2O2/c1-4-15(13-21-3)14(2)16-5-6-19(17(11-16)12-20)23-18-7-9-22-10-8-18/h5-6,11,13,18H,4,7-10H2,1-3H3/b15-14+,21-13?. The summed E-state index contributed by atoms with van der Waals surface area (Å²) in [5.74, 6) is 0.665. The average molecular weight is 312 g/mol. The Morgan fingerprint density at radius 1 is 1.43 bits per heavy atom. The summed E-state index contributed by atoms with van der Waals surface area (Å²) in [6, 6.07) is 8.09. The zero-order valence-electron chi connectivity index (χ0n) is 14.1. The van der Waals surface area contributed by atoms with Gasteiger partial charge in [0.25, 0.3) is 0 Å². The largest absolute Gasteiger partial charge is 0.489 e. The molecule has 1 aliphatic heterocycles. The van der Waals surface area contributed by atoms with E-state index in [1.54, 1.807) is 7.05 Å². The van der Waals surface area contributed by atoms with Gasteiger partial charge in [-0.25, -0.2) is 0 Å². The molecular weight excluding hydrogens is 288 g/mol. The van der Waals surface area contributed by atoms with Gasteiger partial charge in [0, 0.05) is 26.1 Å². The molecule has 1 heterocycles. The fourth-order valence-electron chi connectivity index (χ4n) is 2.72. The van der Waals surface area contributed by atoms with Gasteiger partial charge < -0.3 is 9.47 Å². The van der Waals surface area contributed by atoms with E-state index in [-0.39, 0.29) is 6.10 Å². The molecule has 4 heteroatoms. The van der Waals surface area contributed by atoms with Crippen molar-refractivity contribution >= 4 is 11.8 Å². The van der Waals surface area contributed by atoms with Gasteiger partial charge in [-0.15, -0.1) is 0 Å². The minimum atomic E-state index is 0.136. The molecule has 1 aromatic rings. The number of allylic oxidation sites excluding steroid dienone is 2. The molecule has 1 fully saturated rings. The number of ether oxygens (including phenoxy) is 2. The van der Waals surface area contributed by atoms with Gasteiger partial charge in [0.1, 0.15) is 17.9 Å². The molecule has 23 heavy (non-hydrogen) atoms. The van der Waals surface area contributed by atoms with Crippen molar-refractivity contribution in [2.24, 2.45) is 4.99 Å². The molecule has 2 rings (SSSR count). The van der Waals surface area contributed by atoms with E-state index < -0.39 is 0 Å². The van der Waals surface area contributed by atoms with Gasteiger partial charge in [0.2, 0.25) is 0 Å². The lowest BCUT2D eigenvalue weighted by molar-refractivity contribution is 0.0254. The molecule has 0 N–H and O–H groups in total. The highest BCUT2D eigenvalue weighted by molar-refractivity contribution is 5.90. The lowest BCUT2D eigenvalue weighted by Crippen LogP contribution is -2.26. The molecule has 122 valence electrons. The summed E-state index contributed by atoms with van der Waals surface area (Å²) in [6.07, 6.45) is 4.67. The third kappa shape index (κ3) is 4.43. The minimum absolute atomic E-state index is 0.136. The first-order chi connectivity index (χ1) is 11.2. The van der Waals surface area contributed by atoms with E-state index in [0.29, 0.717) is 11.3 Å². The lowest BCUT2D eigenvalue weighted by Gasteiger charge is -2.24. The number of nitriles is 1. The first-order valence-electron chi connectivity index (χ1n) is 8.10. The highest BCUT2D eigenvalue weighted by Gasteiger charge is 2.17. The maximum atomic E-state index is 9.46. The number of hydrogen-bond acceptors (Lipinski definition) is 4.